The van der Waals surface area contributed by atoms with Crippen molar-refractivity contribution in [2.75, 3.05) is 20.1 Å². The fourth-order valence-corrected chi connectivity index (χ4v) is 6.09. The van der Waals surface area contributed by atoms with Gasteiger partial charge in [-0.25, -0.2) is 12.8 Å². The van der Waals surface area contributed by atoms with E-state index < -0.39 is 15.8 Å². The van der Waals surface area contributed by atoms with Gasteiger partial charge in [-0.05, 0) is 51.1 Å². The van der Waals surface area contributed by atoms with Crippen LogP contribution in [0.25, 0.3) is 0 Å². The van der Waals surface area contributed by atoms with Crippen molar-refractivity contribution in [3.63, 3.8) is 0 Å². The molecule has 0 N–H and O–H groups in total. The van der Waals surface area contributed by atoms with Gasteiger partial charge in [0, 0.05) is 13.1 Å². The van der Waals surface area contributed by atoms with E-state index in [0.29, 0.717) is 0 Å². The molecular weight excluding hydrogens is 319 g/mol. The molecule has 0 aromatic heterocycles. The van der Waals surface area contributed by atoms with Gasteiger partial charge in [0.2, 0.25) is 10.0 Å². The third-order valence-corrected chi connectivity index (χ3v) is 7.36. The maximum atomic E-state index is 13.1. The zero-order valence-electron chi connectivity index (χ0n) is 13.3. The lowest BCUT2D eigenvalue weighted by molar-refractivity contribution is -0.0951. The van der Waals surface area contributed by atoms with Crippen LogP contribution in [0.3, 0.4) is 0 Å². The summed E-state index contributed by atoms with van der Waals surface area (Å²) in [6, 6.07) is 4.89. The molecule has 0 aliphatic carbocycles. The Balaban J connectivity index is 1.63. The number of nitrogens with zero attached hydrogens (tertiary/aromatic N) is 2. The van der Waals surface area contributed by atoms with E-state index in [1.807, 2.05) is 6.92 Å². The smallest absolute Gasteiger partial charge is 0.243 e. The van der Waals surface area contributed by atoms with E-state index in [1.54, 1.807) is 4.31 Å². The van der Waals surface area contributed by atoms with Crippen molar-refractivity contribution in [1.82, 2.24) is 9.21 Å². The van der Waals surface area contributed by atoms with Gasteiger partial charge in [-0.15, -0.1) is 0 Å². The van der Waals surface area contributed by atoms with Crippen LogP contribution in [0.1, 0.15) is 19.8 Å². The number of likely N-dealkylation sites (tertiary alicyclic amines) is 1. The minimum Gasteiger partial charge on any atom is -0.368 e. The fourth-order valence-electron chi connectivity index (χ4n) is 4.19. The second-order valence-corrected chi connectivity index (χ2v) is 8.76. The van der Waals surface area contributed by atoms with Gasteiger partial charge in [-0.3, -0.25) is 0 Å². The average Bonchev–Trinajstić information content (AvgIpc) is 3.22. The molecule has 3 aliphatic heterocycles. The molecule has 1 spiro atoms. The van der Waals surface area contributed by atoms with Crippen LogP contribution in [0.2, 0.25) is 0 Å². The summed E-state index contributed by atoms with van der Waals surface area (Å²) in [5.41, 5.74) is -0.357. The van der Waals surface area contributed by atoms with Crippen molar-refractivity contribution < 1.29 is 17.5 Å². The lowest BCUT2D eigenvalue weighted by Crippen LogP contribution is -2.49. The molecule has 7 heteroatoms. The molecule has 23 heavy (non-hydrogen) atoms. The monoisotopic (exact) mass is 340 g/mol. The highest BCUT2D eigenvalue weighted by molar-refractivity contribution is 7.89. The van der Waals surface area contributed by atoms with Gasteiger partial charge in [0.25, 0.3) is 0 Å². The second-order valence-electron chi connectivity index (χ2n) is 6.92. The topological polar surface area (TPSA) is 49.6 Å². The van der Waals surface area contributed by atoms with E-state index in [9.17, 15) is 12.8 Å². The first-order valence-electron chi connectivity index (χ1n) is 8.01. The highest BCUT2D eigenvalue weighted by atomic mass is 32.2. The fraction of sp³-hybridized carbons (Fsp3) is 0.625. The van der Waals surface area contributed by atoms with Gasteiger partial charge in [0.05, 0.1) is 28.7 Å². The molecule has 5 nitrogen and oxygen atoms in total. The maximum absolute atomic E-state index is 13.1. The number of benzene rings is 1. The Kier molecular flexibility index (Phi) is 3.36. The molecule has 3 heterocycles. The van der Waals surface area contributed by atoms with Crippen LogP contribution in [0, 0.1) is 5.82 Å². The molecule has 4 atom stereocenters. The van der Waals surface area contributed by atoms with Crippen molar-refractivity contribution in [3.05, 3.63) is 30.1 Å². The minimum absolute atomic E-state index is 0.0822. The van der Waals surface area contributed by atoms with Gasteiger partial charge in [0.15, 0.2) is 0 Å². The van der Waals surface area contributed by atoms with Crippen molar-refractivity contribution >= 4 is 10.0 Å². The summed E-state index contributed by atoms with van der Waals surface area (Å²) < 4.78 is 46.6. The molecular formula is C16H21FN2O3S. The van der Waals surface area contributed by atoms with Crippen LogP contribution in [0.5, 0.6) is 0 Å². The Morgan fingerprint density at radius 3 is 2.43 bits per heavy atom. The molecule has 4 unspecified atom stereocenters. The standard InChI is InChI=1S/C16H21FN2O3S/c1-11-14-15(16(22-11)7-9-18(2)10-8-16)19(14)23(20,21)13-5-3-12(17)4-6-13/h3-6,11,14-15H,7-10H2,1-2H3. The largest absolute Gasteiger partial charge is 0.368 e. The predicted octanol–water partition coefficient (Wildman–Crippen LogP) is 1.45. The third-order valence-electron chi connectivity index (χ3n) is 5.46. The third kappa shape index (κ3) is 2.25. The van der Waals surface area contributed by atoms with E-state index in [1.165, 1.54) is 24.3 Å². The molecule has 3 fully saturated rings. The molecule has 1 aromatic rings. The van der Waals surface area contributed by atoms with Crippen LogP contribution >= 0.6 is 0 Å². The normalized spacial score (nSPS) is 36.1. The number of hydrogen-bond acceptors (Lipinski definition) is 4. The molecule has 4 rings (SSSR count). The Hall–Kier alpha value is -1.02. The Bertz CT molecular complexity index is 713. The highest BCUT2D eigenvalue weighted by Gasteiger charge is 2.72. The zero-order valence-corrected chi connectivity index (χ0v) is 14.1. The zero-order chi connectivity index (χ0) is 16.4. The molecule has 0 radical (unpaired) electrons. The predicted molar refractivity (Wildman–Crippen MR) is 83.0 cm³/mol. The number of halogens is 1. The van der Waals surface area contributed by atoms with E-state index >= 15 is 0 Å². The number of rotatable bonds is 2. The number of morpholine rings is 1. The number of fused-ring (bicyclic) bond motifs is 2. The molecule has 126 valence electrons. The number of piperidine rings is 1. The Labute approximate surface area is 136 Å². The summed E-state index contributed by atoms with van der Waals surface area (Å²) in [5.74, 6) is -0.432. The highest BCUT2D eigenvalue weighted by Crippen LogP contribution is 2.55. The number of ether oxygens (including phenoxy) is 1. The van der Waals surface area contributed by atoms with Gasteiger partial charge < -0.3 is 9.64 Å². The Morgan fingerprint density at radius 1 is 1.22 bits per heavy atom. The maximum Gasteiger partial charge on any atom is 0.243 e. The summed E-state index contributed by atoms with van der Waals surface area (Å²) in [6.45, 7) is 3.78. The van der Waals surface area contributed by atoms with Gasteiger partial charge in [-0.2, -0.15) is 4.31 Å². The summed E-state index contributed by atoms with van der Waals surface area (Å²) >= 11 is 0. The van der Waals surface area contributed by atoms with E-state index in [-0.39, 0.29) is 28.7 Å². The molecule has 0 amide bonds. The number of hydrogen-bond donors (Lipinski definition) is 0. The molecule has 0 bridgehead atoms. The Morgan fingerprint density at radius 2 is 1.83 bits per heavy atom. The second kappa shape index (κ2) is 4.99. The lowest BCUT2D eigenvalue weighted by atomic mass is 9.88. The summed E-state index contributed by atoms with van der Waals surface area (Å²) in [6.07, 6.45) is 1.60. The molecule has 3 saturated heterocycles. The van der Waals surface area contributed by atoms with Crippen molar-refractivity contribution in [2.45, 2.75) is 48.4 Å². The first-order valence-corrected chi connectivity index (χ1v) is 9.45. The first kappa shape index (κ1) is 15.5. The molecule has 3 aliphatic rings. The SMILES string of the molecule is CC1OC2(CCN(C)CC2)C2C1N2S(=O)(=O)c1ccc(F)cc1. The lowest BCUT2D eigenvalue weighted by Gasteiger charge is -2.40. The summed E-state index contributed by atoms with van der Waals surface area (Å²) in [4.78, 5) is 2.40. The average molecular weight is 340 g/mol. The van der Waals surface area contributed by atoms with Crippen LogP contribution in [-0.4, -0.2) is 61.5 Å². The van der Waals surface area contributed by atoms with Gasteiger partial charge >= 0.3 is 0 Å². The van der Waals surface area contributed by atoms with Crippen LogP contribution < -0.4 is 0 Å². The van der Waals surface area contributed by atoms with E-state index in [2.05, 4.69) is 11.9 Å². The van der Waals surface area contributed by atoms with Gasteiger partial charge in [0.1, 0.15) is 5.82 Å². The van der Waals surface area contributed by atoms with E-state index in [4.69, 9.17) is 4.74 Å². The van der Waals surface area contributed by atoms with Crippen molar-refractivity contribution in [3.8, 4) is 0 Å². The number of sulfonamides is 1. The van der Waals surface area contributed by atoms with Gasteiger partial charge in [-0.1, -0.05) is 0 Å². The quantitative estimate of drug-likeness (QED) is 0.765. The minimum atomic E-state index is -3.59. The summed E-state index contributed by atoms with van der Waals surface area (Å²) in [5, 5.41) is 0. The summed E-state index contributed by atoms with van der Waals surface area (Å²) in [7, 11) is -1.52. The van der Waals surface area contributed by atoms with Crippen LogP contribution in [0.4, 0.5) is 4.39 Å². The van der Waals surface area contributed by atoms with Crippen molar-refractivity contribution in [2.24, 2.45) is 0 Å². The van der Waals surface area contributed by atoms with Crippen LogP contribution in [0.15, 0.2) is 29.2 Å². The van der Waals surface area contributed by atoms with E-state index in [0.717, 1.165) is 25.9 Å². The molecule has 1 aromatic carbocycles. The van der Waals surface area contributed by atoms with Crippen molar-refractivity contribution in [1.29, 1.82) is 0 Å². The van der Waals surface area contributed by atoms with Crippen LogP contribution in [-0.2, 0) is 14.8 Å². The molecule has 0 saturated carbocycles. The first-order chi connectivity index (χ1) is 10.8.